The Morgan fingerprint density at radius 1 is 0.967 bits per heavy atom. The Bertz CT molecular complexity index is 970. The Labute approximate surface area is 176 Å². The van der Waals surface area contributed by atoms with Crippen molar-refractivity contribution in [3.63, 3.8) is 0 Å². The molecule has 0 bridgehead atoms. The maximum Gasteiger partial charge on any atom is 0.407 e. The number of benzene rings is 3. The van der Waals surface area contributed by atoms with E-state index >= 15 is 0 Å². The topological polar surface area (TPSA) is 67.8 Å². The van der Waals surface area contributed by atoms with Gasteiger partial charge in [-0.15, -0.1) is 0 Å². The van der Waals surface area contributed by atoms with E-state index in [0.717, 1.165) is 11.3 Å². The molecule has 2 N–H and O–H groups in total. The van der Waals surface area contributed by atoms with Crippen LogP contribution in [0.5, 0.6) is 5.75 Å². The summed E-state index contributed by atoms with van der Waals surface area (Å²) in [6.07, 6.45) is -0.483. The van der Waals surface area contributed by atoms with E-state index in [1.807, 2.05) is 48.5 Å². The molecule has 1 atom stereocenters. The van der Waals surface area contributed by atoms with Gasteiger partial charge >= 0.3 is 6.09 Å². The fraction of sp³-hybridized carbons (Fsp3) is 0.240. The van der Waals surface area contributed by atoms with Gasteiger partial charge < -0.3 is 19.9 Å². The second kappa shape index (κ2) is 9.01. The van der Waals surface area contributed by atoms with E-state index in [9.17, 15) is 9.90 Å². The monoisotopic (exact) mass is 403 g/mol. The summed E-state index contributed by atoms with van der Waals surface area (Å²) in [5.41, 5.74) is 5.68. The highest BCUT2D eigenvalue weighted by atomic mass is 16.5. The fourth-order valence-corrected chi connectivity index (χ4v) is 4.02. The SMILES string of the molecule is COc1ccc(C(CO)CNC(=O)OCC2c3ccccc3-c3ccccc32)cc1. The summed E-state index contributed by atoms with van der Waals surface area (Å²) in [5.74, 6) is 0.565. The number of amides is 1. The smallest absolute Gasteiger partial charge is 0.407 e. The number of carbonyl (C=O) groups excluding carboxylic acids is 1. The molecule has 0 saturated carbocycles. The van der Waals surface area contributed by atoms with Crippen molar-refractivity contribution in [2.24, 2.45) is 0 Å². The molecule has 0 saturated heterocycles. The maximum atomic E-state index is 12.3. The summed E-state index contributed by atoms with van der Waals surface area (Å²) in [7, 11) is 1.61. The van der Waals surface area contributed by atoms with Crippen LogP contribution in [0, 0.1) is 0 Å². The first-order chi connectivity index (χ1) is 14.7. The molecule has 0 radical (unpaired) electrons. The van der Waals surface area contributed by atoms with Crippen LogP contribution in [-0.2, 0) is 4.74 Å². The molecule has 0 spiro atoms. The maximum absolute atomic E-state index is 12.3. The minimum atomic E-state index is -0.483. The van der Waals surface area contributed by atoms with Gasteiger partial charge in [-0.1, -0.05) is 60.7 Å². The molecule has 5 heteroatoms. The molecule has 0 fully saturated rings. The van der Waals surface area contributed by atoms with Crippen LogP contribution in [0.2, 0.25) is 0 Å². The number of aliphatic hydroxyl groups excluding tert-OH is 1. The van der Waals surface area contributed by atoms with Crippen LogP contribution in [0.15, 0.2) is 72.8 Å². The van der Waals surface area contributed by atoms with E-state index in [1.54, 1.807) is 7.11 Å². The first-order valence-electron chi connectivity index (χ1n) is 10.0. The normalized spacial score (nSPS) is 13.3. The van der Waals surface area contributed by atoms with Crippen molar-refractivity contribution in [3.05, 3.63) is 89.5 Å². The summed E-state index contributed by atoms with van der Waals surface area (Å²) < 4.78 is 10.7. The zero-order chi connectivity index (χ0) is 20.9. The van der Waals surface area contributed by atoms with Gasteiger partial charge in [0.2, 0.25) is 0 Å². The number of carbonyl (C=O) groups is 1. The van der Waals surface area contributed by atoms with Gasteiger partial charge in [-0.3, -0.25) is 0 Å². The van der Waals surface area contributed by atoms with Gasteiger partial charge in [0.25, 0.3) is 0 Å². The van der Waals surface area contributed by atoms with Gasteiger partial charge in [0.05, 0.1) is 13.7 Å². The van der Waals surface area contributed by atoms with E-state index in [2.05, 4.69) is 29.6 Å². The summed E-state index contributed by atoms with van der Waals surface area (Å²) in [4.78, 5) is 12.3. The Balaban J connectivity index is 1.37. The Kier molecular flexibility index (Phi) is 6.00. The molecule has 154 valence electrons. The highest BCUT2D eigenvalue weighted by molar-refractivity contribution is 5.79. The minimum Gasteiger partial charge on any atom is -0.497 e. The van der Waals surface area contributed by atoms with Crippen molar-refractivity contribution in [1.29, 1.82) is 0 Å². The van der Waals surface area contributed by atoms with E-state index in [-0.39, 0.29) is 25.0 Å². The standard InChI is InChI=1S/C25H25NO4/c1-29-19-12-10-17(11-13-19)18(15-27)14-26-25(28)30-16-24-22-8-4-2-6-20(22)21-7-3-5-9-23(21)24/h2-13,18,24,27H,14-16H2,1H3,(H,26,28). The average molecular weight is 403 g/mol. The van der Waals surface area contributed by atoms with Crippen LogP contribution in [0.4, 0.5) is 4.79 Å². The van der Waals surface area contributed by atoms with Crippen molar-refractivity contribution in [1.82, 2.24) is 5.32 Å². The summed E-state index contributed by atoms with van der Waals surface area (Å²) >= 11 is 0. The van der Waals surface area contributed by atoms with Gasteiger partial charge in [-0.2, -0.15) is 0 Å². The fourth-order valence-electron chi connectivity index (χ4n) is 4.02. The number of aliphatic hydroxyl groups is 1. The molecule has 5 nitrogen and oxygen atoms in total. The first-order valence-corrected chi connectivity index (χ1v) is 10.0. The minimum absolute atomic E-state index is 0.0263. The molecule has 0 aromatic heterocycles. The lowest BCUT2D eigenvalue weighted by molar-refractivity contribution is 0.141. The predicted octanol–water partition coefficient (Wildman–Crippen LogP) is 4.31. The van der Waals surface area contributed by atoms with E-state index in [1.165, 1.54) is 22.3 Å². The molecule has 1 unspecified atom stereocenters. The lowest BCUT2D eigenvalue weighted by Gasteiger charge is -2.17. The molecule has 3 aromatic carbocycles. The van der Waals surface area contributed by atoms with Crippen molar-refractivity contribution >= 4 is 6.09 Å². The van der Waals surface area contributed by atoms with Gasteiger partial charge in [-0.05, 0) is 39.9 Å². The Morgan fingerprint density at radius 2 is 1.57 bits per heavy atom. The van der Waals surface area contributed by atoms with Gasteiger partial charge in [0, 0.05) is 18.4 Å². The highest BCUT2D eigenvalue weighted by Crippen LogP contribution is 2.44. The summed E-state index contributed by atoms with van der Waals surface area (Å²) in [6, 6.07) is 23.9. The van der Waals surface area contributed by atoms with E-state index in [0.29, 0.717) is 6.54 Å². The second-order valence-corrected chi connectivity index (χ2v) is 7.36. The largest absolute Gasteiger partial charge is 0.497 e. The number of nitrogens with one attached hydrogen (secondary N) is 1. The number of hydrogen-bond donors (Lipinski definition) is 2. The zero-order valence-corrected chi connectivity index (χ0v) is 16.9. The average Bonchev–Trinajstić information content (AvgIpc) is 3.12. The van der Waals surface area contributed by atoms with E-state index in [4.69, 9.17) is 9.47 Å². The summed E-state index contributed by atoms with van der Waals surface area (Å²) in [5, 5.41) is 12.5. The van der Waals surface area contributed by atoms with Crippen LogP contribution in [-0.4, -0.2) is 38.1 Å². The quantitative estimate of drug-likeness (QED) is 0.617. The molecule has 3 aromatic rings. The molecule has 30 heavy (non-hydrogen) atoms. The second-order valence-electron chi connectivity index (χ2n) is 7.36. The van der Waals surface area contributed by atoms with Gasteiger partial charge in [0.15, 0.2) is 0 Å². The Hall–Kier alpha value is -3.31. The molecular formula is C25H25NO4. The van der Waals surface area contributed by atoms with Crippen molar-refractivity contribution in [3.8, 4) is 16.9 Å². The molecule has 0 aliphatic heterocycles. The number of alkyl carbamates (subject to hydrolysis) is 1. The number of ether oxygens (including phenoxy) is 2. The predicted molar refractivity (Wildman–Crippen MR) is 116 cm³/mol. The number of fused-ring (bicyclic) bond motifs is 3. The number of methoxy groups -OCH3 is 1. The van der Waals surface area contributed by atoms with E-state index < -0.39 is 6.09 Å². The van der Waals surface area contributed by atoms with Crippen LogP contribution in [0.3, 0.4) is 0 Å². The van der Waals surface area contributed by atoms with Gasteiger partial charge in [-0.25, -0.2) is 4.79 Å². The van der Waals surface area contributed by atoms with Crippen LogP contribution in [0.25, 0.3) is 11.1 Å². The molecule has 1 amide bonds. The molecule has 4 rings (SSSR count). The first kappa shape index (κ1) is 20.0. The molecule has 1 aliphatic carbocycles. The summed E-state index contributed by atoms with van der Waals surface area (Å²) in [6.45, 7) is 0.488. The Morgan fingerprint density at radius 3 is 2.13 bits per heavy atom. The number of hydrogen-bond acceptors (Lipinski definition) is 4. The number of rotatable bonds is 7. The molecular weight excluding hydrogens is 378 g/mol. The third-order valence-electron chi connectivity index (χ3n) is 5.64. The van der Waals surface area contributed by atoms with Crippen molar-refractivity contribution in [2.75, 3.05) is 26.9 Å². The van der Waals surface area contributed by atoms with Crippen molar-refractivity contribution < 1.29 is 19.4 Å². The third-order valence-corrected chi connectivity index (χ3v) is 5.64. The highest BCUT2D eigenvalue weighted by Gasteiger charge is 2.29. The molecule has 1 aliphatic rings. The van der Waals surface area contributed by atoms with Crippen LogP contribution < -0.4 is 10.1 Å². The van der Waals surface area contributed by atoms with Gasteiger partial charge in [0.1, 0.15) is 12.4 Å². The molecule has 0 heterocycles. The lowest BCUT2D eigenvalue weighted by Crippen LogP contribution is -2.31. The third kappa shape index (κ3) is 4.02. The van der Waals surface area contributed by atoms with Crippen LogP contribution >= 0.6 is 0 Å². The zero-order valence-electron chi connectivity index (χ0n) is 16.9. The lowest BCUT2D eigenvalue weighted by atomic mass is 9.98. The van der Waals surface area contributed by atoms with Crippen molar-refractivity contribution in [2.45, 2.75) is 11.8 Å². The van der Waals surface area contributed by atoms with Crippen LogP contribution in [0.1, 0.15) is 28.5 Å².